The minimum Gasteiger partial charge on any atom is -0.335 e. The summed E-state index contributed by atoms with van der Waals surface area (Å²) in [6.07, 6.45) is 12.7. The fourth-order valence-electron chi connectivity index (χ4n) is 3.07. The second-order valence-electron chi connectivity index (χ2n) is 6.55. The van der Waals surface area contributed by atoms with Crippen molar-refractivity contribution in [3.8, 4) is 0 Å². The van der Waals surface area contributed by atoms with Gasteiger partial charge in [-0.1, -0.05) is 19.3 Å². The predicted octanol–water partition coefficient (Wildman–Crippen LogP) is 4.06. The zero-order valence-corrected chi connectivity index (χ0v) is 15.6. The average molecular weight is 359 g/mol. The summed E-state index contributed by atoms with van der Waals surface area (Å²) in [5.74, 6) is 1.12. The van der Waals surface area contributed by atoms with E-state index in [0.29, 0.717) is 6.42 Å². The highest BCUT2D eigenvalue weighted by molar-refractivity contribution is 7.14. The molecule has 25 heavy (non-hydrogen) atoms. The lowest BCUT2D eigenvalue weighted by molar-refractivity contribution is -0.121. The van der Waals surface area contributed by atoms with Crippen molar-refractivity contribution in [1.82, 2.24) is 15.0 Å². The third kappa shape index (κ3) is 5.26. The van der Waals surface area contributed by atoms with E-state index in [4.69, 9.17) is 0 Å². The van der Waals surface area contributed by atoms with Gasteiger partial charge in [0.05, 0.1) is 10.6 Å². The number of hydrogen-bond donors (Lipinski definition) is 1. The zero-order chi connectivity index (χ0) is 17.5. The Kier molecular flexibility index (Phi) is 6.39. The van der Waals surface area contributed by atoms with E-state index in [1.54, 1.807) is 0 Å². The molecule has 1 aliphatic rings. The maximum atomic E-state index is 11.2. The molecule has 3 heterocycles. The molecule has 0 fully saturated rings. The van der Waals surface area contributed by atoms with Crippen LogP contribution in [0.4, 0.5) is 0 Å². The van der Waals surface area contributed by atoms with Gasteiger partial charge >= 0.3 is 0 Å². The van der Waals surface area contributed by atoms with Gasteiger partial charge in [0.2, 0.25) is 5.91 Å². The summed E-state index contributed by atoms with van der Waals surface area (Å²) in [5, 5.41) is 4.17. The van der Waals surface area contributed by atoms with Crippen LogP contribution in [-0.4, -0.2) is 21.2 Å². The second-order valence-corrected chi connectivity index (χ2v) is 7.71. The molecule has 0 saturated carbocycles. The van der Waals surface area contributed by atoms with Gasteiger partial charge in [0, 0.05) is 36.7 Å². The molecule has 6 heteroatoms. The average Bonchev–Trinajstić information content (AvgIpc) is 3.24. The van der Waals surface area contributed by atoms with E-state index >= 15 is 0 Å². The number of nitrogens with zero attached hydrogens (tertiary/aromatic N) is 3. The van der Waals surface area contributed by atoms with E-state index in [-0.39, 0.29) is 5.91 Å². The van der Waals surface area contributed by atoms with Crippen LogP contribution in [0.2, 0.25) is 0 Å². The van der Waals surface area contributed by atoms with Crippen LogP contribution in [0, 0.1) is 6.92 Å². The number of amides is 1. The number of aromatic nitrogens is 2. The molecule has 3 rings (SSSR count). The highest BCUT2D eigenvalue weighted by atomic mass is 32.1. The summed E-state index contributed by atoms with van der Waals surface area (Å²) in [5.41, 5.74) is 3.59. The topological polar surface area (TPSA) is 59.3 Å². The van der Waals surface area contributed by atoms with Gasteiger partial charge in [-0.05, 0) is 38.3 Å². The van der Waals surface area contributed by atoms with Crippen molar-refractivity contribution in [2.75, 3.05) is 0 Å². The van der Waals surface area contributed by atoms with Crippen molar-refractivity contribution in [3.63, 3.8) is 0 Å². The van der Waals surface area contributed by atoms with E-state index in [0.717, 1.165) is 30.9 Å². The largest absolute Gasteiger partial charge is 0.335 e. The number of nitrogens with one attached hydrogen (secondary N) is 1. The Morgan fingerprint density at radius 2 is 2.00 bits per heavy atom. The second kappa shape index (κ2) is 8.94. The summed E-state index contributed by atoms with van der Waals surface area (Å²) in [4.78, 5) is 18.0. The number of carbonyl (C=O) groups is 1. The van der Waals surface area contributed by atoms with Crippen molar-refractivity contribution in [3.05, 3.63) is 40.1 Å². The molecule has 2 aromatic rings. The van der Waals surface area contributed by atoms with Crippen molar-refractivity contribution in [2.24, 2.45) is 5.10 Å². The van der Waals surface area contributed by atoms with Crippen molar-refractivity contribution >= 4 is 23.0 Å². The maximum Gasteiger partial charge on any atom is 0.240 e. The molecule has 0 unspecified atom stereocenters. The molecule has 0 atom stereocenters. The first-order chi connectivity index (χ1) is 12.2. The Labute approximate surface area is 153 Å². The Balaban J connectivity index is 1.30. The number of hydrogen-bond acceptors (Lipinski definition) is 4. The molecular weight excluding hydrogens is 332 g/mol. The summed E-state index contributed by atoms with van der Waals surface area (Å²) >= 11 is 1.82. The van der Waals surface area contributed by atoms with Crippen LogP contribution in [-0.2, 0) is 17.8 Å². The maximum absolute atomic E-state index is 11.2. The van der Waals surface area contributed by atoms with Gasteiger partial charge in [0.25, 0.3) is 0 Å². The minimum atomic E-state index is 0.0173. The van der Waals surface area contributed by atoms with Crippen LogP contribution in [0.1, 0.15) is 60.5 Å². The van der Waals surface area contributed by atoms with Crippen LogP contribution >= 0.6 is 11.3 Å². The number of aryl methyl sites for hydroxylation is 3. The molecule has 0 aromatic carbocycles. The van der Waals surface area contributed by atoms with Crippen LogP contribution in [0.5, 0.6) is 0 Å². The van der Waals surface area contributed by atoms with E-state index in [2.05, 4.69) is 45.3 Å². The normalized spacial score (nSPS) is 14.4. The predicted molar refractivity (Wildman–Crippen MR) is 102 cm³/mol. The molecule has 2 aromatic heterocycles. The lowest BCUT2D eigenvalue weighted by atomic mass is 10.1. The Morgan fingerprint density at radius 3 is 2.76 bits per heavy atom. The van der Waals surface area contributed by atoms with Crippen LogP contribution < -0.4 is 5.43 Å². The minimum absolute atomic E-state index is 0.0173. The van der Waals surface area contributed by atoms with E-state index in [9.17, 15) is 4.79 Å². The third-order valence-corrected chi connectivity index (χ3v) is 5.79. The molecule has 1 amide bonds. The Morgan fingerprint density at radius 1 is 1.16 bits per heavy atom. The van der Waals surface area contributed by atoms with Gasteiger partial charge in [-0.3, -0.25) is 4.79 Å². The molecule has 0 spiro atoms. The highest BCUT2D eigenvalue weighted by Crippen LogP contribution is 2.22. The number of thiophene rings is 1. The van der Waals surface area contributed by atoms with Gasteiger partial charge in [0.15, 0.2) is 0 Å². The van der Waals surface area contributed by atoms with Gasteiger partial charge in [-0.25, -0.2) is 10.4 Å². The first-order valence-corrected chi connectivity index (χ1v) is 9.96. The SMILES string of the molecule is Cc1nccn1CCCCCCCc1ccc(C2=NNC(=O)CC2)s1. The van der Waals surface area contributed by atoms with Crippen LogP contribution in [0.3, 0.4) is 0 Å². The van der Waals surface area contributed by atoms with Gasteiger partial charge < -0.3 is 4.57 Å². The molecule has 0 bridgehead atoms. The molecule has 1 aliphatic heterocycles. The van der Waals surface area contributed by atoms with Crippen LogP contribution in [0.15, 0.2) is 29.6 Å². The molecular formula is C19H26N4OS. The van der Waals surface area contributed by atoms with E-state index in [1.165, 1.54) is 41.9 Å². The summed E-state index contributed by atoms with van der Waals surface area (Å²) in [6, 6.07) is 4.35. The fraction of sp³-hybridized carbons (Fsp3) is 0.526. The lowest BCUT2D eigenvalue weighted by Gasteiger charge is -2.09. The Hall–Kier alpha value is -1.95. The zero-order valence-electron chi connectivity index (χ0n) is 14.8. The van der Waals surface area contributed by atoms with Crippen molar-refractivity contribution < 1.29 is 4.79 Å². The summed E-state index contributed by atoms with van der Waals surface area (Å²) < 4.78 is 2.23. The first kappa shape index (κ1) is 17.9. The number of hydrazone groups is 1. The smallest absolute Gasteiger partial charge is 0.240 e. The number of imidazole rings is 1. The third-order valence-electron chi connectivity index (χ3n) is 4.60. The summed E-state index contributed by atoms with van der Waals surface area (Å²) in [7, 11) is 0. The van der Waals surface area contributed by atoms with Crippen molar-refractivity contribution in [1.29, 1.82) is 0 Å². The van der Waals surface area contributed by atoms with Crippen LogP contribution in [0.25, 0.3) is 0 Å². The molecule has 0 aliphatic carbocycles. The van der Waals surface area contributed by atoms with Gasteiger partial charge in [0.1, 0.15) is 5.82 Å². The molecule has 0 radical (unpaired) electrons. The first-order valence-electron chi connectivity index (χ1n) is 9.14. The van der Waals surface area contributed by atoms with E-state index in [1.807, 2.05) is 17.5 Å². The number of rotatable bonds is 9. The number of unbranched alkanes of at least 4 members (excludes halogenated alkanes) is 4. The monoisotopic (exact) mass is 358 g/mol. The fourth-order valence-corrected chi connectivity index (χ4v) is 4.14. The van der Waals surface area contributed by atoms with Crippen molar-refractivity contribution in [2.45, 2.75) is 64.8 Å². The van der Waals surface area contributed by atoms with E-state index < -0.39 is 0 Å². The number of carbonyl (C=O) groups excluding carboxylic acids is 1. The lowest BCUT2D eigenvalue weighted by Crippen LogP contribution is -2.25. The standard InChI is InChI=1S/C19H26N4OS/c1-15-20-12-14-23(15)13-6-4-2-3-5-7-16-8-10-18(25-16)17-9-11-19(24)22-21-17/h8,10,12,14H,2-7,9,11,13H2,1H3,(H,22,24). The molecule has 0 saturated heterocycles. The quantitative estimate of drug-likeness (QED) is 0.687. The molecule has 1 N–H and O–H groups in total. The van der Waals surface area contributed by atoms with Gasteiger partial charge in [-0.15, -0.1) is 11.3 Å². The Bertz CT molecular complexity index is 731. The molecule has 134 valence electrons. The highest BCUT2D eigenvalue weighted by Gasteiger charge is 2.14. The molecule has 5 nitrogen and oxygen atoms in total. The summed E-state index contributed by atoms with van der Waals surface area (Å²) in [6.45, 7) is 3.14. The van der Waals surface area contributed by atoms with Gasteiger partial charge in [-0.2, -0.15) is 5.10 Å².